The van der Waals surface area contributed by atoms with E-state index in [1.807, 2.05) is 6.92 Å². The summed E-state index contributed by atoms with van der Waals surface area (Å²) in [6.45, 7) is 6.29. The molecular formula is C8H16N4S. The quantitative estimate of drug-likeness (QED) is 0.569. The average molecular weight is 200 g/mol. The van der Waals surface area contributed by atoms with Crippen LogP contribution < -0.4 is 11.3 Å². The van der Waals surface area contributed by atoms with Crippen LogP contribution in [0.1, 0.15) is 36.9 Å². The maximum absolute atomic E-state index is 5.51. The lowest BCUT2D eigenvalue weighted by molar-refractivity contribution is 0.386. The van der Waals surface area contributed by atoms with Gasteiger partial charge >= 0.3 is 0 Å². The van der Waals surface area contributed by atoms with Crippen LogP contribution in [0.15, 0.2) is 0 Å². The first-order valence-electron chi connectivity index (χ1n) is 4.45. The largest absolute Gasteiger partial charge is 0.271 e. The summed E-state index contributed by atoms with van der Waals surface area (Å²) in [5.74, 6) is 6.02. The molecule has 1 heterocycles. The highest BCUT2D eigenvalue weighted by molar-refractivity contribution is 7.05. The lowest BCUT2D eigenvalue weighted by Crippen LogP contribution is -2.32. The van der Waals surface area contributed by atoms with Crippen LogP contribution >= 0.6 is 11.5 Å². The Morgan fingerprint density at radius 3 is 2.69 bits per heavy atom. The standard InChI is InChI=1S/C8H16N4S/c1-4-5(2)7(10-9)8-6(3)11-12-13-8/h5,7,10H,4,9H2,1-3H3. The van der Waals surface area contributed by atoms with E-state index in [2.05, 4.69) is 28.9 Å². The van der Waals surface area contributed by atoms with E-state index < -0.39 is 0 Å². The van der Waals surface area contributed by atoms with Gasteiger partial charge in [0.25, 0.3) is 0 Å². The number of hydrazine groups is 1. The summed E-state index contributed by atoms with van der Waals surface area (Å²) in [6, 6.07) is 0.185. The van der Waals surface area contributed by atoms with E-state index >= 15 is 0 Å². The van der Waals surface area contributed by atoms with Gasteiger partial charge in [-0.05, 0) is 24.4 Å². The molecule has 13 heavy (non-hydrogen) atoms. The monoisotopic (exact) mass is 200 g/mol. The van der Waals surface area contributed by atoms with E-state index in [9.17, 15) is 0 Å². The molecule has 3 N–H and O–H groups in total. The Balaban J connectivity index is 2.84. The van der Waals surface area contributed by atoms with Crippen LogP contribution in [0.3, 0.4) is 0 Å². The van der Waals surface area contributed by atoms with Gasteiger partial charge in [-0.2, -0.15) is 0 Å². The van der Waals surface area contributed by atoms with E-state index in [0.717, 1.165) is 17.0 Å². The number of aromatic nitrogens is 2. The first-order chi connectivity index (χ1) is 6.20. The molecule has 0 spiro atoms. The van der Waals surface area contributed by atoms with E-state index in [1.54, 1.807) is 0 Å². The van der Waals surface area contributed by atoms with Crippen molar-refractivity contribution in [2.45, 2.75) is 33.2 Å². The Hall–Kier alpha value is -0.520. The summed E-state index contributed by atoms with van der Waals surface area (Å²) in [4.78, 5) is 1.15. The predicted molar refractivity (Wildman–Crippen MR) is 54.2 cm³/mol. The first kappa shape index (κ1) is 10.6. The molecule has 0 aromatic carbocycles. The number of nitrogens with one attached hydrogen (secondary N) is 1. The summed E-state index contributed by atoms with van der Waals surface area (Å²) in [7, 11) is 0. The van der Waals surface area contributed by atoms with Crippen molar-refractivity contribution in [3.05, 3.63) is 10.6 Å². The van der Waals surface area contributed by atoms with E-state index in [4.69, 9.17) is 5.84 Å². The van der Waals surface area contributed by atoms with Gasteiger partial charge in [0.15, 0.2) is 0 Å². The highest BCUT2D eigenvalue weighted by Crippen LogP contribution is 2.27. The molecule has 0 fully saturated rings. The van der Waals surface area contributed by atoms with Gasteiger partial charge < -0.3 is 0 Å². The molecule has 1 aromatic rings. The number of nitrogens with two attached hydrogens (primary N) is 1. The van der Waals surface area contributed by atoms with Gasteiger partial charge in [-0.3, -0.25) is 11.3 Å². The van der Waals surface area contributed by atoms with Crippen molar-refractivity contribution in [1.82, 2.24) is 15.0 Å². The molecular weight excluding hydrogens is 184 g/mol. The van der Waals surface area contributed by atoms with Gasteiger partial charge in [-0.1, -0.05) is 24.8 Å². The van der Waals surface area contributed by atoms with Gasteiger partial charge in [0.2, 0.25) is 0 Å². The van der Waals surface area contributed by atoms with Gasteiger partial charge in [0.1, 0.15) is 0 Å². The topological polar surface area (TPSA) is 63.8 Å². The molecule has 0 aliphatic rings. The molecule has 0 radical (unpaired) electrons. The van der Waals surface area contributed by atoms with E-state index in [1.165, 1.54) is 11.5 Å². The van der Waals surface area contributed by atoms with Crippen LogP contribution in [0.25, 0.3) is 0 Å². The molecule has 2 unspecified atom stereocenters. The molecule has 0 bridgehead atoms. The number of aryl methyl sites for hydroxylation is 1. The van der Waals surface area contributed by atoms with Crippen molar-refractivity contribution in [2.75, 3.05) is 0 Å². The second-order valence-electron chi connectivity index (χ2n) is 3.25. The Bertz CT molecular complexity index is 260. The number of hydrogen-bond acceptors (Lipinski definition) is 5. The predicted octanol–water partition coefficient (Wildman–Crippen LogP) is 1.40. The van der Waals surface area contributed by atoms with Crippen LogP contribution in [-0.2, 0) is 0 Å². The molecule has 2 atom stereocenters. The highest BCUT2D eigenvalue weighted by Gasteiger charge is 2.20. The molecule has 1 rings (SSSR count). The van der Waals surface area contributed by atoms with Gasteiger partial charge in [-0.15, -0.1) is 5.10 Å². The lowest BCUT2D eigenvalue weighted by atomic mass is 9.98. The van der Waals surface area contributed by atoms with E-state index in [0.29, 0.717) is 5.92 Å². The molecule has 0 aliphatic heterocycles. The molecule has 0 aliphatic carbocycles. The summed E-state index contributed by atoms with van der Waals surface area (Å²) in [5, 5.41) is 3.98. The zero-order valence-electron chi connectivity index (χ0n) is 8.24. The van der Waals surface area contributed by atoms with Crippen molar-refractivity contribution in [1.29, 1.82) is 0 Å². The fraction of sp³-hybridized carbons (Fsp3) is 0.750. The fourth-order valence-corrected chi connectivity index (χ4v) is 2.09. The zero-order chi connectivity index (χ0) is 9.84. The summed E-state index contributed by atoms with van der Waals surface area (Å²) < 4.78 is 3.90. The Kier molecular flexibility index (Phi) is 3.77. The minimum Gasteiger partial charge on any atom is -0.271 e. The van der Waals surface area contributed by atoms with Crippen molar-refractivity contribution < 1.29 is 0 Å². The summed E-state index contributed by atoms with van der Waals surface area (Å²) in [6.07, 6.45) is 1.09. The molecule has 4 nitrogen and oxygen atoms in total. The maximum Gasteiger partial charge on any atom is 0.0773 e. The van der Waals surface area contributed by atoms with Crippen LogP contribution in [0.5, 0.6) is 0 Å². The number of rotatable bonds is 4. The minimum atomic E-state index is 0.185. The van der Waals surface area contributed by atoms with Gasteiger partial charge in [0, 0.05) is 0 Å². The maximum atomic E-state index is 5.51. The number of nitrogens with zero attached hydrogens (tertiary/aromatic N) is 2. The SMILES string of the molecule is CCC(C)C(NN)c1snnc1C. The first-order valence-corrected chi connectivity index (χ1v) is 5.23. The van der Waals surface area contributed by atoms with Crippen LogP contribution in [0.2, 0.25) is 0 Å². The third kappa shape index (κ3) is 2.24. The van der Waals surface area contributed by atoms with Crippen LogP contribution in [0, 0.1) is 12.8 Å². The zero-order valence-corrected chi connectivity index (χ0v) is 9.06. The van der Waals surface area contributed by atoms with Gasteiger partial charge in [-0.25, -0.2) is 0 Å². The second-order valence-corrected chi connectivity index (χ2v) is 4.04. The van der Waals surface area contributed by atoms with Crippen molar-refractivity contribution in [3.8, 4) is 0 Å². The van der Waals surface area contributed by atoms with Crippen molar-refractivity contribution in [3.63, 3.8) is 0 Å². The Labute approximate surface area is 82.7 Å². The van der Waals surface area contributed by atoms with Crippen molar-refractivity contribution >= 4 is 11.5 Å². The van der Waals surface area contributed by atoms with Crippen LogP contribution in [0.4, 0.5) is 0 Å². The molecule has 74 valence electrons. The number of hydrogen-bond donors (Lipinski definition) is 2. The Morgan fingerprint density at radius 1 is 1.62 bits per heavy atom. The third-order valence-corrected chi connectivity index (χ3v) is 3.27. The molecule has 0 amide bonds. The molecule has 1 aromatic heterocycles. The fourth-order valence-electron chi connectivity index (χ4n) is 1.26. The van der Waals surface area contributed by atoms with Crippen molar-refractivity contribution in [2.24, 2.45) is 11.8 Å². The summed E-state index contributed by atoms with van der Waals surface area (Å²) >= 11 is 1.42. The molecule has 0 saturated heterocycles. The van der Waals surface area contributed by atoms with Crippen LogP contribution in [-0.4, -0.2) is 9.59 Å². The van der Waals surface area contributed by atoms with Gasteiger partial charge in [0.05, 0.1) is 16.6 Å². The second kappa shape index (κ2) is 4.64. The Morgan fingerprint density at radius 2 is 2.31 bits per heavy atom. The molecule has 5 heteroatoms. The molecule has 0 saturated carbocycles. The lowest BCUT2D eigenvalue weighted by Gasteiger charge is -2.20. The smallest absolute Gasteiger partial charge is 0.0773 e. The minimum absolute atomic E-state index is 0.185. The average Bonchev–Trinajstić information content (AvgIpc) is 2.53. The highest BCUT2D eigenvalue weighted by atomic mass is 32.1. The van der Waals surface area contributed by atoms with E-state index in [-0.39, 0.29) is 6.04 Å². The normalized spacial score (nSPS) is 15.7. The summed E-state index contributed by atoms with van der Waals surface area (Å²) in [5.41, 5.74) is 3.81. The third-order valence-electron chi connectivity index (χ3n) is 2.36.